The topological polar surface area (TPSA) is 18.5 Å². The lowest BCUT2D eigenvalue weighted by atomic mass is 10.0. The SMILES string of the molecule is COCOc1ccc2c(C#C[Si](C(C)C)(C(C)C)C(C)C)cccc2c1. The zero-order chi connectivity index (χ0) is 19.3. The fourth-order valence-corrected chi connectivity index (χ4v) is 9.41. The molecule has 2 rings (SSSR count). The van der Waals surface area contributed by atoms with E-state index in [0.717, 1.165) is 16.7 Å². The molecule has 0 aliphatic rings. The minimum atomic E-state index is -1.73. The average molecular weight is 369 g/mol. The zero-order valence-electron chi connectivity index (χ0n) is 17.2. The first-order valence-electron chi connectivity index (χ1n) is 9.50. The molecule has 0 radical (unpaired) electrons. The number of hydrogen-bond donors (Lipinski definition) is 0. The van der Waals surface area contributed by atoms with Crippen LogP contribution in [-0.4, -0.2) is 22.0 Å². The highest BCUT2D eigenvalue weighted by molar-refractivity contribution is 6.90. The van der Waals surface area contributed by atoms with E-state index < -0.39 is 8.07 Å². The Morgan fingerprint density at radius 2 is 1.58 bits per heavy atom. The van der Waals surface area contributed by atoms with E-state index in [4.69, 9.17) is 9.47 Å². The minimum Gasteiger partial charge on any atom is -0.468 e. The van der Waals surface area contributed by atoms with Crippen molar-refractivity contribution < 1.29 is 9.47 Å². The predicted molar refractivity (Wildman–Crippen MR) is 114 cm³/mol. The Kier molecular flexibility index (Phi) is 6.92. The molecule has 140 valence electrons. The van der Waals surface area contributed by atoms with E-state index in [1.54, 1.807) is 7.11 Å². The van der Waals surface area contributed by atoms with Crippen molar-refractivity contribution in [3.63, 3.8) is 0 Å². The molecule has 0 atom stereocenters. The Labute approximate surface area is 159 Å². The second kappa shape index (κ2) is 8.75. The molecular weight excluding hydrogens is 336 g/mol. The van der Waals surface area contributed by atoms with Crippen molar-refractivity contribution in [3.8, 4) is 17.2 Å². The van der Waals surface area contributed by atoms with Crippen LogP contribution in [0.5, 0.6) is 5.75 Å². The van der Waals surface area contributed by atoms with Gasteiger partial charge in [-0.3, -0.25) is 0 Å². The van der Waals surface area contributed by atoms with E-state index in [1.807, 2.05) is 6.07 Å². The van der Waals surface area contributed by atoms with E-state index in [2.05, 4.69) is 83.3 Å². The third-order valence-corrected chi connectivity index (χ3v) is 11.8. The molecule has 0 aliphatic heterocycles. The highest BCUT2D eigenvalue weighted by atomic mass is 28.3. The molecular formula is C23H32O2Si. The molecule has 0 spiro atoms. The first kappa shape index (κ1) is 20.5. The maximum atomic E-state index is 5.56. The summed E-state index contributed by atoms with van der Waals surface area (Å²) in [5, 5.41) is 2.33. The number of fused-ring (bicyclic) bond motifs is 1. The molecule has 0 unspecified atom stereocenters. The van der Waals surface area contributed by atoms with Crippen LogP contribution < -0.4 is 4.74 Å². The highest BCUT2D eigenvalue weighted by Gasteiger charge is 2.41. The van der Waals surface area contributed by atoms with Gasteiger partial charge in [0.1, 0.15) is 13.8 Å². The minimum absolute atomic E-state index is 0.260. The van der Waals surface area contributed by atoms with Gasteiger partial charge in [0.25, 0.3) is 0 Å². The molecule has 2 aromatic rings. The zero-order valence-corrected chi connectivity index (χ0v) is 18.2. The second-order valence-corrected chi connectivity index (χ2v) is 13.5. The van der Waals surface area contributed by atoms with Crippen molar-refractivity contribution in [2.45, 2.75) is 58.2 Å². The van der Waals surface area contributed by atoms with Crippen LogP contribution in [0.4, 0.5) is 0 Å². The monoisotopic (exact) mass is 368 g/mol. The summed E-state index contributed by atoms with van der Waals surface area (Å²) in [7, 11) is -0.101. The summed E-state index contributed by atoms with van der Waals surface area (Å²) in [5.41, 5.74) is 6.85. The van der Waals surface area contributed by atoms with E-state index in [9.17, 15) is 0 Å². The van der Waals surface area contributed by atoms with E-state index >= 15 is 0 Å². The van der Waals surface area contributed by atoms with Crippen molar-refractivity contribution in [1.29, 1.82) is 0 Å². The van der Waals surface area contributed by atoms with Crippen LogP contribution in [-0.2, 0) is 4.74 Å². The molecule has 0 fully saturated rings. The van der Waals surface area contributed by atoms with E-state index in [1.165, 1.54) is 5.39 Å². The van der Waals surface area contributed by atoms with Gasteiger partial charge in [0.15, 0.2) is 6.79 Å². The Hall–Kier alpha value is -1.76. The number of methoxy groups -OCH3 is 1. The number of ether oxygens (including phenoxy) is 2. The summed E-state index contributed by atoms with van der Waals surface area (Å²) in [6.45, 7) is 14.4. The molecule has 0 heterocycles. The predicted octanol–water partition coefficient (Wildman–Crippen LogP) is 6.39. The Balaban J connectivity index is 2.50. The van der Waals surface area contributed by atoms with Gasteiger partial charge in [-0.15, -0.1) is 5.54 Å². The summed E-state index contributed by atoms with van der Waals surface area (Å²) in [6.07, 6.45) is 0. The van der Waals surface area contributed by atoms with Crippen LogP contribution in [0.1, 0.15) is 47.1 Å². The Morgan fingerprint density at radius 1 is 0.923 bits per heavy atom. The summed E-state index contributed by atoms with van der Waals surface area (Å²) >= 11 is 0. The van der Waals surface area contributed by atoms with Gasteiger partial charge in [0, 0.05) is 12.7 Å². The maximum Gasteiger partial charge on any atom is 0.188 e. The fraction of sp³-hybridized carbons (Fsp3) is 0.478. The third-order valence-electron chi connectivity index (χ3n) is 5.48. The van der Waals surface area contributed by atoms with Crippen LogP contribution in [0.25, 0.3) is 10.8 Å². The van der Waals surface area contributed by atoms with Crippen molar-refractivity contribution >= 4 is 18.8 Å². The van der Waals surface area contributed by atoms with Gasteiger partial charge in [-0.2, -0.15) is 0 Å². The van der Waals surface area contributed by atoms with Crippen LogP contribution in [0, 0.1) is 11.5 Å². The number of rotatable bonds is 6. The van der Waals surface area contributed by atoms with Gasteiger partial charge < -0.3 is 9.47 Å². The van der Waals surface area contributed by atoms with Crippen LogP contribution in [0.15, 0.2) is 36.4 Å². The van der Waals surface area contributed by atoms with Gasteiger partial charge in [-0.1, -0.05) is 59.6 Å². The van der Waals surface area contributed by atoms with Gasteiger partial charge in [0.05, 0.1) is 0 Å². The summed E-state index contributed by atoms with van der Waals surface area (Å²) in [6, 6.07) is 12.5. The van der Waals surface area contributed by atoms with Crippen LogP contribution >= 0.6 is 0 Å². The molecule has 2 aromatic carbocycles. The molecule has 0 bridgehead atoms. The first-order valence-corrected chi connectivity index (χ1v) is 11.7. The van der Waals surface area contributed by atoms with E-state index in [-0.39, 0.29) is 6.79 Å². The van der Waals surface area contributed by atoms with Gasteiger partial charge in [0.2, 0.25) is 0 Å². The average Bonchev–Trinajstić information content (AvgIpc) is 2.59. The maximum absolute atomic E-state index is 5.56. The molecule has 26 heavy (non-hydrogen) atoms. The van der Waals surface area contributed by atoms with Crippen molar-refractivity contribution in [3.05, 3.63) is 42.0 Å². The molecule has 0 saturated heterocycles. The van der Waals surface area contributed by atoms with Gasteiger partial charge >= 0.3 is 0 Å². The summed E-state index contributed by atoms with van der Waals surface area (Å²) < 4.78 is 10.5. The lowest BCUT2D eigenvalue weighted by Crippen LogP contribution is -2.43. The first-order chi connectivity index (χ1) is 12.3. The Bertz CT molecular complexity index is 775. The molecule has 3 heteroatoms. The molecule has 2 nitrogen and oxygen atoms in total. The molecule has 0 aromatic heterocycles. The van der Waals surface area contributed by atoms with Gasteiger partial charge in [-0.05, 0) is 51.7 Å². The quantitative estimate of drug-likeness (QED) is 0.334. The third kappa shape index (κ3) is 4.14. The molecule has 0 saturated carbocycles. The van der Waals surface area contributed by atoms with Crippen molar-refractivity contribution in [2.24, 2.45) is 0 Å². The van der Waals surface area contributed by atoms with Crippen molar-refractivity contribution in [1.82, 2.24) is 0 Å². The van der Waals surface area contributed by atoms with Gasteiger partial charge in [-0.25, -0.2) is 0 Å². The van der Waals surface area contributed by atoms with Crippen molar-refractivity contribution in [2.75, 3.05) is 13.9 Å². The summed E-state index contributed by atoms with van der Waals surface area (Å²) in [4.78, 5) is 0. The Morgan fingerprint density at radius 3 is 2.15 bits per heavy atom. The van der Waals surface area contributed by atoms with Crippen LogP contribution in [0.2, 0.25) is 16.6 Å². The second-order valence-electron chi connectivity index (χ2n) is 7.89. The number of hydrogen-bond acceptors (Lipinski definition) is 2. The standard InChI is InChI=1S/C23H32O2Si/c1-17(2)26(18(3)4,19(5)6)14-13-20-9-8-10-21-15-22(25-16-24-7)11-12-23(20)21/h8-12,15,17-19H,16H2,1-7H3. The number of benzene rings is 2. The lowest BCUT2D eigenvalue weighted by Gasteiger charge is -2.38. The van der Waals surface area contributed by atoms with Crippen LogP contribution in [0.3, 0.4) is 0 Å². The molecule has 0 aliphatic carbocycles. The largest absolute Gasteiger partial charge is 0.468 e. The normalized spacial score (nSPS) is 11.9. The smallest absolute Gasteiger partial charge is 0.188 e. The highest BCUT2D eigenvalue weighted by Crippen LogP contribution is 2.40. The lowest BCUT2D eigenvalue weighted by molar-refractivity contribution is 0.0512. The summed E-state index contributed by atoms with van der Waals surface area (Å²) in [5.74, 6) is 4.40. The molecule has 0 amide bonds. The fourth-order valence-electron chi connectivity index (χ4n) is 4.20. The molecule has 0 N–H and O–H groups in total. The van der Waals surface area contributed by atoms with E-state index in [0.29, 0.717) is 16.6 Å².